The quantitative estimate of drug-likeness (QED) is 0.197. The number of carbonyl (C=O) groups is 1. The maximum absolute atomic E-state index is 12.2. The van der Waals surface area contributed by atoms with E-state index in [1.807, 2.05) is 59.6 Å². The van der Waals surface area contributed by atoms with E-state index >= 15 is 0 Å². The van der Waals surface area contributed by atoms with Crippen LogP contribution in [0.4, 0.5) is 0 Å². The molecular formula is C19H22N2O3SSe. The number of amides is 1. The molecule has 0 fully saturated rings. The number of nitrogens with one attached hydrogen (secondary N) is 1. The van der Waals surface area contributed by atoms with Crippen molar-refractivity contribution in [3.8, 4) is 5.75 Å². The fourth-order valence-corrected chi connectivity index (χ4v) is 5.51. The van der Waals surface area contributed by atoms with E-state index in [4.69, 9.17) is 9.94 Å². The Balaban J connectivity index is 1.72. The molecule has 2 rings (SSSR count). The third-order valence-electron chi connectivity index (χ3n) is 3.36. The molecule has 0 heterocycles. The molecular weight excluding hydrogens is 415 g/mol. The standard InChI is InChI=1S/C19H22N2O3SSe/c1-2-24-16-10-8-15(9-11-16)14-18(21-23)19(22)20-12-13-26-25-17-6-4-3-5-7-17/h3-11,23H,2,12-14H2,1H3,(H,20,22)/b21-18+. The van der Waals surface area contributed by atoms with E-state index < -0.39 is 0 Å². The number of hydrogen-bond acceptors (Lipinski definition) is 5. The van der Waals surface area contributed by atoms with Crippen molar-refractivity contribution >= 4 is 35.6 Å². The van der Waals surface area contributed by atoms with Gasteiger partial charge in [0.2, 0.25) is 0 Å². The fourth-order valence-electron chi connectivity index (χ4n) is 2.12. The van der Waals surface area contributed by atoms with Gasteiger partial charge < -0.3 is 0 Å². The summed E-state index contributed by atoms with van der Waals surface area (Å²) in [7, 11) is 1.81. The number of hydrogen-bond donors (Lipinski definition) is 2. The molecule has 0 spiro atoms. The molecule has 0 aliphatic heterocycles. The average molecular weight is 437 g/mol. The van der Waals surface area contributed by atoms with E-state index in [9.17, 15) is 4.79 Å². The van der Waals surface area contributed by atoms with Crippen LogP contribution in [-0.4, -0.2) is 43.8 Å². The van der Waals surface area contributed by atoms with Crippen molar-refractivity contribution < 1.29 is 14.7 Å². The molecule has 0 atom stereocenters. The van der Waals surface area contributed by atoms with Crippen LogP contribution in [0.2, 0.25) is 5.32 Å². The topological polar surface area (TPSA) is 70.9 Å². The van der Waals surface area contributed by atoms with Gasteiger partial charge in [0.15, 0.2) is 0 Å². The molecule has 0 saturated carbocycles. The molecule has 1 amide bonds. The van der Waals surface area contributed by atoms with Gasteiger partial charge in [-0.05, 0) is 6.92 Å². The third kappa shape index (κ3) is 7.12. The van der Waals surface area contributed by atoms with Crippen LogP contribution in [0.1, 0.15) is 12.5 Å². The molecule has 7 heteroatoms. The fraction of sp³-hybridized carbons (Fsp3) is 0.263. The van der Waals surface area contributed by atoms with E-state index in [1.54, 1.807) is 0 Å². The first-order chi connectivity index (χ1) is 12.7. The Morgan fingerprint density at radius 3 is 2.58 bits per heavy atom. The Kier molecular flexibility index (Phi) is 9.10. The predicted molar refractivity (Wildman–Crippen MR) is 106 cm³/mol. The molecule has 2 aromatic carbocycles. The Morgan fingerprint density at radius 2 is 1.92 bits per heavy atom. The molecule has 0 aromatic heterocycles. The van der Waals surface area contributed by atoms with Gasteiger partial charge in [-0.2, -0.15) is 0 Å². The van der Waals surface area contributed by atoms with Gasteiger partial charge in [-0.25, -0.2) is 0 Å². The normalized spacial score (nSPS) is 11.2. The van der Waals surface area contributed by atoms with Crippen LogP contribution in [0.5, 0.6) is 5.75 Å². The summed E-state index contributed by atoms with van der Waals surface area (Å²) in [6, 6.07) is 17.6. The summed E-state index contributed by atoms with van der Waals surface area (Å²) >= 11 is 0.347. The summed E-state index contributed by atoms with van der Waals surface area (Å²) in [5, 5.41) is 16.0. The first kappa shape index (κ1) is 20.4. The summed E-state index contributed by atoms with van der Waals surface area (Å²) in [6.07, 6.45) is 0.276. The first-order valence-electron chi connectivity index (χ1n) is 8.28. The molecule has 2 N–H and O–H groups in total. The predicted octanol–water partition coefficient (Wildman–Crippen LogP) is 3.40. The van der Waals surface area contributed by atoms with Crippen molar-refractivity contribution in [2.45, 2.75) is 23.6 Å². The molecule has 0 aliphatic rings. The van der Waals surface area contributed by atoms with Crippen molar-refractivity contribution in [2.24, 2.45) is 5.16 Å². The minimum absolute atomic E-state index is 0.109. The number of benzene rings is 2. The molecule has 0 radical (unpaired) electrons. The molecule has 26 heavy (non-hydrogen) atoms. The monoisotopic (exact) mass is 438 g/mol. The van der Waals surface area contributed by atoms with Crippen LogP contribution in [0.3, 0.4) is 0 Å². The summed E-state index contributed by atoms with van der Waals surface area (Å²) < 4.78 is 5.39. The van der Waals surface area contributed by atoms with Gasteiger partial charge in [-0.1, -0.05) is 0 Å². The molecule has 0 unspecified atom stereocenters. The molecule has 0 saturated heterocycles. The summed E-state index contributed by atoms with van der Waals surface area (Å²) in [4.78, 5) is 13.4. The van der Waals surface area contributed by atoms with Crippen LogP contribution in [0, 0.1) is 0 Å². The minimum atomic E-state index is -0.332. The summed E-state index contributed by atoms with van der Waals surface area (Å²) in [5.41, 5.74) is 0.998. The molecule has 2 aromatic rings. The second-order valence-corrected chi connectivity index (χ2v) is 9.54. The zero-order chi connectivity index (χ0) is 18.6. The molecule has 138 valence electrons. The molecule has 0 bridgehead atoms. The number of carbonyl (C=O) groups excluding carboxylic acids is 1. The number of nitrogens with zero attached hydrogens (tertiary/aromatic N) is 1. The van der Waals surface area contributed by atoms with Gasteiger partial charge in [0, 0.05) is 0 Å². The molecule has 5 nitrogen and oxygen atoms in total. The Labute approximate surface area is 163 Å². The van der Waals surface area contributed by atoms with E-state index in [1.165, 1.54) is 4.90 Å². The van der Waals surface area contributed by atoms with Crippen molar-refractivity contribution in [1.29, 1.82) is 0 Å². The summed E-state index contributed by atoms with van der Waals surface area (Å²) in [6.45, 7) is 3.10. The summed E-state index contributed by atoms with van der Waals surface area (Å²) in [5.74, 6) is 0.447. The van der Waals surface area contributed by atoms with Gasteiger partial charge in [-0.15, -0.1) is 0 Å². The van der Waals surface area contributed by atoms with Crippen molar-refractivity contribution in [2.75, 3.05) is 13.2 Å². The second-order valence-electron chi connectivity index (χ2n) is 5.27. The van der Waals surface area contributed by atoms with E-state index in [2.05, 4.69) is 22.6 Å². The van der Waals surface area contributed by atoms with Gasteiger partial charge >= 0.3 is 157 Å². The van der Waals surface area contributed by atoms with Crippen LogP contribution in [-0.2, 0) is 11.2 Å². The van der Waals surface area contributed by atoms with E-state index in [0.29, 0.717) is 27.0 Å². The van der Waals surface area contributed by atoms with Crippen LogP contribution in [0.25, 0.3) is 0 Å². The van der Waals surface area contributed by atoms with Gasteiger partial charge in [0.05, 0.1) is 0 Å². The first-order valence-corrected chi connectivity index (χ1v) is 12.3. The van der Waals surface area contributed by atoms with Gasteiger partial charge in [-0.3, -0.25) is 0 Å². The van der Waals surface area contributed by atoms with Gasteiger partial charge in [0.1, 0.15) is 0 Å². The zero-order valence-corrected chi connectivity index (χ0v) is 17.1. The number of ether oxygens (including phenoxy) is 1. The van der Waals surface area contributed by atoms with Crippen LogP contribution < -0.4 is 10.1 Å². The van der Waals surface area contributed by atoms with Crippen LogP contribution in [0.15, 0.2) is 64.6 Å². The Morgan fingerprint density at radius 1 is 1.19 bits per heavy atom. The number of oxime groups is 1. The third-order valence-corrected chi connectivity index (χ3v) is 7.54. The average Bonchev–Trinajstić information content (AvgIpc) is 2.68. The van der Waals surface area contributed by atoms with Crippen molar-refractivity contribution in [1.82, 2.24) is 5.32 Å². The Bertz CT molecular complexity index is 708. The maximum atomic E-state index is 12.2. The Hall–Kier alpha value is -1.95. The van der Waals surface area contributed by atoms with Crippen molar-refractivity contribution in [3.05, 3.63) is 60.2 Å². The molecule has 0 aliphatic carbocycles. The second kappa shape index (κ2) is 11.6. The van der Waals surface area contributed by atoms with Crippen LogP contribution >= 0.6 is 10.2 Å². The SMILES string of the molecule is CCOc1ccc(C/C(=N\O)C(=O)NCC[Se]Sc2ccccc2)cc1. The zero-order valence-electron chi connectivity index (χ0n) is 14.6. The van der Waals surface area contributed by atoms with Gasteiger partial charge in [0.25, 0.3) is 0 Å². The number of rotatable bonds is 10. The van der Waals surface area contributed by atoms with E-state index in [0.717, 1.165) is 16.6 Å². The van der Waals surface area contributed by atoms with Crippen molar-refractivity contribution in [3.63, 3.8) is 0 Å². The van der Waals surface area contributed by atoms with E-state index in [-0.39, 0.29) is 18.0 Å².